The molecule has 0 aliphatic heterocycles. The van der Waals surface area contributed by atoms with E-state index >= 15 is 0 Å². The predicted molar refractivity (Wildman–Crippen MR) is 75.7 cm³/mol. The fourth-order valence-corrected chi connectivity index (χ4v) is 2.19. The maximum atomic E-state index is 9.23. The van der Waals surface area contributed by atoms with Gasteiger partial charge in [-0.3, -0.25) is 0 Å². The van der Waals surface area contributed by atoms with Crippen molar-refractivity contribution in [2.75, 3.05) is 0 Å². The van der Waals surface area contributed by atoms with Crippen molar-refractivity contribution >= 4 is 0 Å². The molecular formula is C17H20O. The Balaban J connectivity index is 1.81. The first kappa shape index (κ1) is 12.7. The predicted octanol–water partition coefficient (Wildman–Crippen LogP) is 4.20. The third-order valence-electron chi connectivity index (χ3n) is 3.29. The monoisotopic (exact) mass is 240 g/mol. The van der Waals surface area contributed by atoms with E-state index in [1.54, 1.807) is 12.1 Å². The number of hydrogen-bond donors (Lipinski definition) is 1. The number of aryl methyl sites for hydroxylation is 1. The quantitative estimate of drug-likeness (QED) is 0.830. The lowest BCUT2D eigenvalue weighted by molar-refractivity contribution is 0.474. The molecule has 0 spiro atoms. The molecule has 0 saturated carbocycles. The van der Waals surface area contributed by atoms with Gasteiger partial charge in [0.2, 0.25) is 0 Å². The Bertz CT molecular complexity index is 459. The highest BCUT2D eigenvalue weighted by atomic mass is 16.3. The van der Waals surface area contributed by atoms with Crippen LogP contribution < -0.4 is 0 Å². The second-order valence-corrected chi connectivity index (χ2v) is 5.00. The van der Waals surface area contributed by atoms with Crippen LogP contribution in [0.4, 0.5) is 0 Å². The van der Waals surface area contributed by atoms with Crippen LogP contribution in [0.3, 0.4) is 0 Å². The average Bonchev–Trinajstić information content (AvgIpc) is 2.39. The van der Waals surface area contributed by atoms with Gasteiger partial charge in [0.05, 0.1) is 0 Å². The summed E-state index contributed by atoms with van der Waals surface area (Å²) in [5.41, 5.74) is 2.71. The van der Waals surface area contributed by atoms with Crippen LogP contribution in [-0.4, -0.2) is 5.11 Å². The van der Waals surface area contributed by atoms with Crippen LogP contribution in [0.25, 0.3) is 0 Å². The van der Waals surface area contributed by atoms with Crippen LogP contribution in [0.15, 0.2) is 54.6 Å². The zero-order chi connectivity index (χ0) is 12.8. The number of rotatable bonds is 5. The summed E-state index contributed by atoms with van der Waals surface area (Å²) in [6, 6.07) is 18.2. The van der Waals surface area contributed by atoms with Crippen LogP contribution in [-0.2, 0) is 12.8 Å². The summed E-state index contributed by atoms with van der Waals surface area (Å²) in [4.78, 5) is 0. The number of hydrogen-bond acceptors (Lipinski definition) is 1. The lowest BCUT2D eigenvalue weighted by Crippen LogP contribution is -2.01. The van der Waals surface area contributed by atoms with E-state index in [9.17, 15) is 5.11 Å². The summed E-state index contributed by atoms with van der Waals surface area (Å²) >= 11 is 0. The molecule has 94 valence electrons. The molecular weight excluding hydrogens is 220 g/mol. The fraction of sp³-hybridized carbons (Fsp3) is 0.294. The first-order valence-electron chi connectivity index (χ1n) is 6.56. The molecule has 0 aliphatic carbocycles. The highest BCUT2D eigenvalue weighted by Crippen LogP contribution is 2.16. The molecule has 18 heavy (non-hydrogen) atoms. The summed E-state index contributed by atoms with van der Waals surface area (Å²) < 4.78 is 0. The van der Waals surface area contributed by atoms with Gasteiger partial charge in [0.25, 0.3) is 0 Å². The Labute approximate surface area is 109 Å². The highest BCUT2D eigenvalue weighted by Gasteiger charge is 2.04. The Kier molecular flexibility index (Phi) is 4.40. The normalized spacial score (nSPS) is 12.3. The second kappa shape index (κ2) is 6.25. The molecule has 1 unspecified atom stereocenters. The first-order chi connectivity index (χ1) is 8.74. The maximum absolute atomic E-state index is 9.23. The van der Waals surface area contributed by atoms with E-state index in [4.69, 9.17) is 0 Å². The molecule has 0 radical (unpaired) electrons. The topological polar surface area (TPSA) is 20.2 Å². The molecule has 0 heterocycles. The summed E-state index contributed by atoms with van der Waals surface area (Å²) in [6.07, 6.45) is 3.40. The molecule has 0 amide bonds. The van der Waals surface area contributed by atoms with Gasteiger partial charge in [0.1, 0.15) is 5.75 Å². The van der Waals surface area contributed by atoms with Crippen molar-refractivity contribution < 1.29 is 5.11 Å². The summed E-state index contributed by atoms with van der Waals surface area (Å²) in [5.74, 6) is 1.03. The van der Waals surface area contributed by atoms with E-state index < -0.39 is 0 Å². The van der Waals surface area contributed by atoms with Gasteiger partial charge >= 0.3 is 0 Å². The maximum Gasteiger partial charge on any atom is 0.115 e. The third-order valence-corrected chi connectivity index (χ3v) is 3.29. The van der Waals surface area contributed by atoms with Gasteiger partial charge in [-0.15, -0.1) is 0 Å². The Hall–Kier alpha value is -1.76. The smallest absolute Gasteiger partial charge is 0.115 e. The van der Waals surface area contributed by atoms with Crippen molar-refractivity contribution in [3.05, 3.63) is 65.7 Å². The van der Waals surface area contributed by atoms with Crippen molar-refractivity contribution in [1.82, 2.24) is 0 Å². The minimum atomic E-state index is 0.344. The van der Waals surface area contributed by atoms with Gasteiger partial charge in [-0.1, -0.05) is 49.4 Å². The third kappa shape index (κ3) is 3.92. The minimum Gasteiger partial charge on any atom is -0.508 e. The van der Waals surface area contributed by atoms with Crippen molar-refractivity contribution in [1.29, 1.82) is 0 Å². The molecule has 0 bridgehead atoms. The molecule has 0 aliphatic rings. The van der Waals surface area contributed by atoms with E-state index in [1.807, 2.05) is 12.1 Å². The van der Waals surface area contributed by atoms with Crippen LogP contribution in [0.5, 0.6) is 5.75 Å². The zero-order valence-electron chi connectivity index (χ0n) is 10.8. The highest BCUT2D eigenvalue weighted by molar-refractivity contribution is 5.26. The molecule has 2 aromatic carbocycles. The molecule has 0 aromatic heterocycles. The standard InChI is InChI=1S/C17H20O/c1-14(13-16-5-3-2-4-6-16)7-8-15-9-11-17(18)12-10-15/h2-6,9-12,14,18H,7-8,13H2,1H3. The minimum absolute atomic E-state index is 0.344. The fourth-order valence-electron chi connectivity index (χ4n) is 2.19. The number of phenols is 1. The number of phenolic OH excluding ortho intramolecular Hbond substituents is 1. The SMILES string of the molecule is CC(CCc1ccc(O)cc1)Cc1ccccc1. The van der Waals surface area contributed by atoms with Gasteiger partial charge in [-0.2, -0.15) is 0 Å². The largest absolute Gasteiger partial charge is 0.508 e. The Morgan fingerprint density at radius 3 is 2.22 bits per heavy atom. The summed E-state index contributed by atoms with van der Waals surface area (Å²) in [5, 5.41) is 9.23. The number of aromatic hydroxyl groups is 1. The van der Waals surface area contributed by atoms with Gasteiger partial charge in [-0.05, 0) is 48.4 Å². The van der Waals surface area contributed by atoms with Crippen molar-refractivity contribution in [2.45, 2.75) is 26.2 Å². The molecule has 2 rings (SSSR count). The Morgan fingerprint density at radius 2 is 1.56 bits per heavy atom. The Morgan fingerprint density at radius 1 is 0.889 bits per heavy atom. The molecule has 1 heteroatoms. The van der Waals surface area contributed by atoms with E-state index in [0.717, 1.165) is 12.8 Å². The first-order valence-corrected chi connectivity index (χ1v) is 6.56. The average molecular weight is 240 g/mol. The second-order valence-electron chi connectivity index (χ2n) is 5.00. The van der Waals surface area contributed by atoms with Gasteiger partial charge in [-0.25, -0.2) is 0 Å². The lowest BCUT2D eigenvalue weighted by Gasteiger charge is -2.11. The number of benzene rings is 2. The van der Waals surface area contributed by atoms with E-state index in [2.05, 4.69) is 37.3 Å². The zero-order valence-corrected chi connectivity index (χ0v) is 10.8. The van der Waals surface area contributed by atoms with Crippen LogP contribution in [0.1, 0.15) is 24.5 Å². The van der Waals surface area contributed by atoms with Gasteiger partial charge in [0.15, 0.2) is 0 Å². The van der Waals surface area contributed by atoms with E-state index in [1.165, 1.54) is 17.5 Å². The molecule has 1 N–H and O–H groups in total. The summed E-state index contributed by atoms with van der Waals surface area (Å²) in [6.45, 7) is 2.30. The van der Waals surface area contributed by atoms with Crippen molar-refractivity contribution in [2.24, 2.45) is 5.92 Å². The van der Waals surface area contributed by atoms with Crippen LogP contribution in [0, 0.1) is 5.92 Å². The van der Waals surface area contributed by atoms with Crippen molar-refractivity contribution in [3.63, 3.8) is 0 Å². The molecule has 0 saturated heterocycles. The van der Waals surface area contributed by atoms with Gasteiger partial charge in [0, 0.05) is 0 Å². The van der Waals surface area contributed by atoms with Crippen molar-refractivity contribution in [3.8, 4) is 5.75 Å². The van der Waals surface area contributed by atoms with Crippen LogP contribution >= 0.6 is 0 Å². The molecule has 1 atom stereocenters. The van der Waals surface area contributed by atoms with Crippen LogP contribution in [0.2, 0.25) is 0 Å². The molecule has 2 aromatic rings. The van der Waals surface area contributed by atoms with E-state index in [-0.39, 0.29) is 0 Å². The molecule has 1 nitrogen and oxygen atoms in total. The molecule has 0 fully saturated rings. The van der Waals surface area contributed by atoms with E-state index in [0.29, 0.717) is 11.7 Å². The van der Waals surface area contributed by atoms with Gasteiger partial charge < -0.3 is 5.11 Å². The lowest BCUT2D eigenvalue weighted by atomic mass is 9.94. The summed E-state index contributed by atoms with van der Waals surface area (Å²) in [7, 11) is 0.